The monoisotopic (exact) mass is 322 g/mol. The first kappa shape index (κ1) is 14.7. The topological polar surface area (TPSA) is 36.7 Å². The Hall–Kier alpha value is -2.22. The van der Waals surface area contributed by atoms with Gasteiger partial charge in [-0.05, 0) is 36.9 Å². The minimum absolute atomic E-state index is 0.614. The van der Waals surface area contributed by atoms with Crippen molar-refractivity contribution in [2.45, 2.75) is 13.8 Å². The van der Waals surface area contributed by atoms with Crippen molar-refractivity contribution in [2.24, 2.45) is 0 Å². The lowest BCUT2D eigenvalue weighted by Crippen LogP contribution is -1.86. The average molecular weight is 322 g/mol. The zero-order chi connectivity index (χ0) is 15.5. The minimum Gasteiger partial charge on any atom is -0.235 e. The molecule has 0 aliphatic heterocycles. The summed E-state index contributed by atoms with van der Waals surface area (Å²) in [6.07, 6.45) is 1.90. The zero-order valence-electron chi connectivity index (χ0n) is 12.3. The normalized spacial score (nSPS) is 11.4. The summed E-state index contributed by atoms with van der Waals surface area (Å²) in [5.41, 5.74) is 5.12. The van der Waals surface area contributed by atoms with Gasteiger partial charge >= 0.3 is 0 Å². The molecule has 0 spiro atoms. The van der Waals surface area contributed by atoms with E-state index in [9.17, 15) is 5.26 Å². The number of benzene rings is 1. The van der Waals surface area contributed by atoms with Crippen molar-refractivity contribution in [2.75, 3.05) is 0 Å². The zero-order valence-corrected chi connectivity index (χ0v) is 14.0. The minimum atomic E-state index is 0.614. The van der Waals surface area contributed by atoms with Gasteiger partial charge in [0.2, 0.25) is 0 Å². The number of hydrogen-bond donors (Lipinski definition) is 0. The molecule has 0 atom stereocenters. The van der Waals surface area contributed by atoms with E-state index in [2.05, 4.69) is 43.1 Å². The summed E-state index contributed by atoms with van der Waals surface area (Å²) >= 11 is 3.13. The Kier molecular flexibility index (Phi) is 4.19. The number of allylic oxidation sites excluding steroid dienone is 1. The third-order valence-corrected chi connectivity index (χ3v) is 5.04. The predicted octanol–water partition coefficient (Wildman–Crippen LogP) is 5.55. The van der Waals surface area contributed by atoms with Gasteiger partial charge in [-0.1, -0.05) is 29.8 Å². The molecule has 0 aliphatic rings. The third-order valence-electron chi connectivity index (χ3n) is 3.34. The third kappa shape index (κ3) is 3.01. The summed E-state index contributed by atoms with van der Waals surface area (Å²) in [5.74, 6) is 0. The standard InChI is InChI=1S/C18H14N2S2/c1-12-5-6-16(13(2)8-12)17-11-22-18(20-17)14(10-19)9-15-4-3-7-21-15/h3-9,11H,1-2H3. The number of rotatable bonds is 3. The average Bonchev–Trinajstić information content (AvgIpc) is 3.16. The fraction of sp³-hybridized carbons (Fsp3) is 0.111. The van der Waals surface area contributed by atoms with Gasteiger partial charge < -0.3 is 0 Å². The van der Waals surface area contributed by atoms with Crippen LogP contribution in [-0.4, -0.2) is 4.98 Å². The van der Waals surface area contributed by atoms with Crippen LogP contribution in [0.2, 0.25) is 0 Å². The Morgan fingerprint density at radius 3 is 2.77 bits per heavy atom. The highest BCUT2D eigenvalue weighted by Crippen LogP contribution is 2.29. The van der Waals surface area contributed by atoms with Gasteiger partial charge in [0.25, 0.3) is 0 Å². The molecule has 0 aliphatic carbocycles. The highest BCUT2D eigenvalue weighted by molar-refractivity contribution is 7.12. The van der Waals surface area contributed by atoms with Crippen molar-refractivity contribution >= 4 is 34.3 Å². The molecule has 1 aromatic carbocycles. The quantitative estimate of drug-likeness (QED) is 0.592. The molecule has 0 amide bonds. The highest BCUT2D eigenvalue weighted by Gasteiger charge is 2.11. The van der Waals surface area contributed by atoms with Crippen LogP contribution in [0.15, 0.2) is 41.1 Å². The van der Waals surface area contributed by atoms with Crippen LogP contribution in [-0.2, 0) is 0 Å². The maximum Gasteiger partial charge on any atom is 0.134 e. The van der Waals surface area contributed by atoms with Crippen LogP contribution >= 0.6 is 22.7 Å². The molecular formula is C18H14N2S2. The van der Waals surface area contributed by atoms with Crippen molar-refractivity contribution in [3.8, 4) is 17.3 Å². The molecule has 0 bridgehead atoms. The van der Waals surface area contributed by atoms with Crippen molar-refractivity contribution in [1.29, 1.82) is 5.26 Å². The van der Waals surface area contributed by atoms with E-state index in [0.717, 1.165) is 21.1 Å². The van der Waals surface area contributed by atoms with Crippen LogP contribution in [0.1, 0.15) is 21.0 Å². The van der Waals surface area contributed by atoms with Crippen molar-refractivity contribution in [3.05, 3.63) is 62.1 Å². The smallest absolute Gasteiger partial charge is 0.134 e. The number of thiazole rings is 1. The van der Waals surface area contributed by atoms with Crippen molar-refractivity contribution in [3.63, 3.8) is 0 Å². The van der Waals surface area contributed by atoms with E-state index in [1.165, 1.54) is 22.5 Å². The molecule has 4 heteroatoms. The summed E-state index contributed by atoms with van der Waals surface area (Å²) in [5, 5.41) is 14.2. The summed E-state index contributed by atoms with van der Waals surface area (Å²) < 4.78 is 0. The molecule has 3 rings (SSSR count). The van der Waals surface area contributed by atoms with Crippen LogP contribution < -0.4 is 0 Å². The van der Waals surface area contributed by atoms with E-state index in [1.54, 1.807) is 11.3 Å². The van der Waals surface area contributed by atoms with E-state index in [1.807, 2.05) is 29.0 Å². The number of hydrogen-bond acceptors (Lipinski definition) is 4. The molecule has 22 heavy (non-hydrogen) atoms. The van der Waals surface area contributed by atoms with Crippen LogP contribution in [0.5, 0.6) is 0 Å². The predicted molar refractivity (Wildman–Crippen MR) is 94.8 cm³/mol. The van der Waals surface area contributed by atoms with Crippen LogP contribution in [0.4, 0.5) is 0 Å². The molecule has 3 aromatic rings. The fourth-order valence-corrected chi connectivity index (χ4v) is 3.72. The number of aryl methyl sites for hydroxylation is 2. The van der Waals surface area contributed by atoms with Gasteiger partial charge in [-0.15, -0.1) is 22.7 Å². The molecule has 2 heterocycles. The molecule has 2 aromatic heterocycles. The van der Waals surface area contributed by atoms with Gasteiger partial charge in [0.1, 0.15) is 11.1 Å². The number of nitrogens with zero attached hydrogens (tertiary/aromatic N) is 2. The Morgan fingerprint density at radius 2 is 2.09 bits per heavy atom. The molecule has 108 valence electrons. The molecule has 2 nitrogen and oxygen atoms in total. The highest BCUT2D eigenvalue weighted by atomic mass is 32.1. The van der Waals surface area contributed by atoms with Gasteiger partial charge in [-0.2, -0.15) is 5.26 Å². The summed E-state index contributed by atoms with van der Waals surface area (Å²) in [4.78, 5) is 5.72. The van der Waals surface area contributed by atoms with Crippen LogP contribution in [0.25, 0.3) is 22.9 Å². The summed E-state index contributed by atoms with van der Waals surface area (Å²) in [6.45, 7) is 4.18. The Morgan fingerprint density at radius 1 is 1.23 bits per heavy atom. The number of thiophene rings is 1. The summed E-state index contributed by atoms with van der Waals surface area (Å²) in [6, 6.07) is 12.6. The second-order valence-corrected chi connectivity index (χ2v) is 6.88. The molecule has 0 saturated heterocycles. The maximum absolute atomic E-state index is 9.40. The lowest BCUT2D eigenvalue weighted by atomic mass is 10.0. The second kappa shape index (κ2) is 6.27. The molecule has 0 unspecified atom stereocenters. The summed E-state index contributed by atoms with van der Waals surface area (Å²) in [7, 11) is 0. The van der Waals surface area contributed by atoms with E-state index in [4.69, 9.17) is 0 Å². The van der Waals surface area contributed by atoms with Crippen molar-refractivity contribution in [1.82, 2.24) is 4.98 Å². The maximum atomic E-state index is 9.40. The molecule has 0 N–H and O–H groups in total. The molecule has 0 radical (unpaired) electrons. The van der Waals surface area contributed by atoms with Gasteiger partial charge in [-0.25, -0.2) is 4.98 Å². The van der Waals surface area contributed by atoms with Gasteiger partial charge in [0, 0.05) is 15.8 Å². The first-order chi connectivity index (χ1) is 10.7. The second-order valence-electron chi connectivity index (χ2n) is 5.04. The van der Waals surface area contributed by atoms with Crippen molar-refractivity contribution < 1.29 is 0 Å². The first-order valence-corrected chi connectivity index (χ1v) is 8.62. The Balaban J connectivity index is 1.98. The van der Waals surface area contributed by atoms with E-state index >= 15 is 0 Å². The molecule has 0 fully saturated rings. The molecule has 0 saturated carbocycles. The van der Waals surface area contributed by atoms with Gasteiger partial charge in [0.05, 0.1) is 11.3 Å². The molecular weight excluding hydrogens is 308 g/mol. The van der Waals surface area contributed by atoms with Crippen LogP contribution in [0.3, 0.4) is 0 Å². The first-order valence-electron chi connectivity index (χ1n) is 6.86. The van der Waals surface area contributed by atoms with E-state index in [0.29, 0.717) is 5.57 Å². The SMILES string of the molecule is Cc1ccc(-c2csc(C(C#N)=Cc3cccs3)n2)c(C)c1. The van der Waals surface area contributed by atoms with Gasteiger partial charge in [-0.3, -0.25) is 0 Å². The van der Waals surface area contributed by atoms with E-state index < -0.39 is 0 Å². The fourth-order valence-electron chi connectivity index (χ4n) is 2.28. The lowest BCUT2D eigenvalue weighted by molar-refractivity contribution is 1.32. The largest absolute Gasteiger partial charge is 0.235 e. The Labute approximate surface area is 138 Å². The van der Waals surface area contributed by atoms with Crippen LogP contribution in [0, 0.1) is 25.2 Å². The Bertz CT molecular complexity index is 865. The van der Waals surface area contributed by atoms with Gasteiger partial charge in [0.15, 0.2) is 0 Å². The lowest BCUT2D eigenvalue weighted by Gasteiger charge is -2.03. The van der Waals surface area contributed by atoms with E-state index in [-0.39, 0.29) is 0 Å². The number of aromatic nitrogens is 1. The number of nitriles is 1.